The fourth-order valence-corrected chi connectivity index (χ4v) is 2.45. The maximum Gasteiger partial charge on any atom is 0.246 e. The van der Waals surface area contributed by atoms with Crippen molar-refractivity contribution in [1.29, 1.82) is 0 Å². The number of aromatic nitrogens is 3. The van der Waals surface area contributed by atoms with Gasteiger partial charge in [-0.05, 0) is 24.3 Å². The van der Waals surface area contributed by atoms with Crippen molar-refractivity contribution in [3.63, 3.8) is 0 Å². The molecule has 0 saturated heterocycles. The molecular formula is C19H24ClIN6O2. The summed E-state index contributed by atoms with van der Waals surface area (Å²) in [6.45, 7) is 6.98. The van der Waals surface area contributed by atoms with Crippen LogP contribution in [-0.2, 0) is 18.5 Å². The van der Waals surface area contributed by atoms with E-state index in [4.69, 9.17) is 20.5 Å². The summed E-state index contributed by atoms with van der Waals surface area (Å²) in [5, 5.41) is 10.9. The topological polar surface area (TPSA) is 101 Å². The standard InChI is InChI=1S/C19H23ClN6O2.HI/c1-19(2,3)14-9-22-15(27-14)10-23-18(21-4)24-11-16-25-17(26-28-16)12-5-7-13(20)8-6-12;/h5-9H,10-11H2,1-4H3,(H2,21,23,24);1H. The molecule has 156 valence electrons. The Bertz CT molecular complexity index is 946. The molecule has 0 saturated carbocycles. The molecule has 29 heavy (non-hydrogen) atoms. The van der Waals surface area contributed by atoms with Crippen molar-refractivity contribution < 1.29 is 8.94 Å². The lowest BCUT2D eigenvalue weighted by Gasteiger charge is -2.13. The van der Waals surface area contributed by atoms with Crippen LogP contribution in [0.25, 0.3) is 11.4 Å². The summed E-state index contributed by atoms with van der Waals surface area (Å²) in [6.07, 6.45) is 1.75. The van der Waals surface area contributed by atoms with Crippen LogP contribution in [0.3, 0.4) is 0 Å². The lowest BCUT2D eigenvalue weighted by molar-refractivity contribution is 0.373. The molecule has 8 nitrogen and oxygen atoms in total. The van der Waals surface area contributed by atoms with E-state index in [2.05, 4.69) is 51.5 Å². The number of aliphatic imine (C=N–C) groups is 1. The third kappa shape index (κ3) is 6.43. The zero-order chi connectivity index (χ0) is 20.1. The lowest BCUT2D eigenvalue weighted by atomic mass is 9.94. The monoisotopic (exact) mass is 530 g/mol. The van der Waals surface area contributed by atoms with Crippen LogP contribution in [0.1, 0.15) is 38.3 Å². The minimum atomic E-state index is -0.0784. The van der Waals surface area contributed by atoms with Gasteiger partial charge in [0, 0.05) is 23.0 Å². The Morgan fingerprint density at radius 1 is 1.10 bits per heavy atom. The van der Waals surface area contributed by atoms with Gasteiger partial charge in [-0.1, -0.05) is 37.5 Å². The summed E-state index contributed by atoms with van der Waals surface area (Å²) >= 11 is 5.90. The summed E-state index contributed by atoms with van der Waals surface area (Å²) in [5.41, 5.74) is 0.755. The number of hydrogen-bond donors (Lipinski definition) is 2. The molecule has 0 aliphatic carbocycles. The average Bonchev–Trinajstić information content (AvgIpc) is 3.32. The molecule has 0 spiro atoms. The highest BCUT2D eigenvalue weighted by Gasteiger charge is 2.19. The summed E-state index contributed by atoms with van der Waals surface area (Å²) in [4.78, 5) is 12.8. The fraction of sp³-hybridized carbons (Fsp3) is 0.368. The van der Waals surface area contributed by atoms with E-state index in [1.807, 2.05) is 12.1 Å². The second kappa shape index (κ2) is 10.1. The number of rotatable bonds is 5. The Morgan fingerprint density at radius 3 is 2.34 bits per heavy atom. The highest BCUT2D eigenvalue weighted by molar-refractivity contribution is 14.0. The number of oxazole rings is 1. The molecular weight excluding hydrogens is 507 g/mol. The zero-order valence-electron chi connectivity index (χ0n) is 16.7. The predicted molar refractivity (Wildman–Crippen MR) is 122 cm³/mol. The molecule has 3 aromatic rings. The molecule has 0 amide bonds. The molecule has 2 N–H and O–H groups in total. The van der Waals surface area contributed by atoms with Crippen LogP contribution < -0.4 is 10.6 Å². The van der Waals surface area contributed by atoms with Gasteiger partial charge in [-0.25, -0.2) is 4.98 Å². The number of benzene rings is 1. The molecule has 10 heteroatoms. The van der Waals surface area contributed by atoms with Gasteiger partial charge in [0.25, 0.3) is 0 Å². The highest BCUT2D eigenvalue weighted by Crippen LogP contribution is 2.22. The van der Waals surface area contributed by atoms with Crippen LogP contribution in [-0.4, -0.2) is 28.1 Å². The van der Waals surface area contributed by atoms with Gasteiger partial charge in [-0.15, -0.1) is 24.0 Å². The zero-order valence-corrected chi connectivity index (χ0v) is 19.8. The predicted octanol–water partition coefficient (Wildman–Crippen LogP) is 4.16. The molecule has 0 atom stereocenters. The number of guanidine groups is 1. The molecule has 2 heterocycles. The van der Waals surface area contributed by atoms with Crippen LogP contribution >= 0.6 is 35.6 Å². The van der Waals surface area contributed by atoms with Crippen LogP contribution in [0.15, 0.2) is 44.4 Å². The number of halogens is 2. The van der Waals surface area contributed by atoms with Gasteiger partial charge in [0.1, 0.15) is 5.76 Å². The van der Waals surface area contributed by atoms with Crippen LogP contribution in [0.4, 0.5) is 0 Å². The van der Waals surface area contributed by atoms with Gasteiger partial charge in [-0.3, -0.25) is 4.99 Å². The third-order valence-electron chi connectivity index (χ3n) is 3.90. The Morgan fingerprint density at radius 2 is 1.76 bits per heavy atom. The molecule has 3 rings (SSSR count). The number of hydrogen-bond acceptors (Lipinski definition) is 6. The van der Waals surface area contributed by atoms with E-state index in [1.165, 1.54) is 0 Å². The summed E-state index contributed by atoms with van der Waals surface area (Å²) in [7, 11) is 1.68. The van der Waals surface area contributed by atoms with Crippen LogP contribution in [0, 0.1) is 0 Å². The van der Waals surface area contributed by atoms with Crippen LogP contribution in [0.2, 0.25) is 5.02 Å². The lowest BCUT2D eigenvalue weighted by Crippen LogP contribution is -2.36. The maximum atomic E-state index is 5.90. The van der Waals surface area contributed by atoms with Crippen molar-refractivity contribution in [2.24, 2.45) is 4.99 Å². The molecule has 1 aromatic carbocycles. The largest absolute Gasteiger partial charge is 0.443 e. The molecule has 0 aliphatic heterocycles. The normalized spacial score (nSPS) is 11.8. The quantitative estimate of drug-likeness (QED) is 0.290. The molecule has 0 aliphatic rings. The fourth-order valence-electron chi connectivity index (χ4n) is 2.32. The molecule has 0 fully saturated rings. The van der Waals surface area contributed by atoms with Gasteiger partial charge in [0.15, 0.2) is 5.96 Å². The van der Waals surface area contributed by atoms with E-state index in [-0.39, 0.29) is 29.4 Å². The molecule has 2 aromatic heterocycles. The smallest absolute Gasteiger partial charge is 0.246 e. The molecule has 0 bridgehead atoms. The van der Waals surface area contributed by atoms with Gasteiger partial charge in [0.05, 0.1) is 19.3 Å². The van der Waals surface area contributed by atoms with Crippen molar-refractivity contribution in [1.82, 2.24) is 25.8 Å². The van der Waals surface area contributed by atoms with E-state index in [0.29, 0.717) is 41.7 Å². The minimum absolute atomic E-state index is 0. The Hall–Kier alpha value is -2.14. The number of nitrogens with one attached hydrogen (secondary N) is 2. The van der Waals surface area contributed by atoms with Gasteiger partial charge in [0.2, 0.25) is 17.6 Å². The van der Waals surface area contributed by atoms with E-state index in [0.717, 1.165) is 11.3 Å². The summed E-state index contributed by atoms with van der Waals surface area (Å²) < 4.78 is 11.0. The van der Waals surface area contributed by atoms with E-state index in [1.54, 1.807) is 25.4 Å². The maximum absolute atomic E-state index is 5.90. The van der Waals surface area contributed by atoms with E-state index in [9.17, 15) is 0 Å². The second-order valence-corrected chi connectivity index (χ2v) is 7.60. The molecule has 0 radical (unpaired) electrons. The Labute approximate surface area is 191 Å². The van der Waals surface area contributed by atoms with Crippen molar-refractivity contribution in [3.8, 4) is 11.4 Å². The van der Waals surface area contributed by atoms with Crippen molar-refractivity contribution >= 4 is 41.5 Å². The summed E-state index contributed by atoms with van der Waals surface area (Å²) in [6, 6.07) is 7.25. The van der Waals surface area contributed by atoms with Crippen LogP contribution in [0.5, 0.6) is 0 Å². The Kier molecular flexibility index (Phi) is 8.03. The average molecular weight is 531 g/mol. The van der Waals surface area contributed by atoms with E-state index >= 15 is 0 Å². The van der Waals surface area contributed by atoms with Gasteiger partial charge >= 0.3 is 0 Å². The van der Waals surface area contributed by atoms with Gasteiger partial charge < -0.3 is 19.6 Å². The first-order valence-corrected chi connectivity index (χ1v) is 9.21. The number of nitrogens with zero attached hydrogens (tertiary/aromatic N) is 4. The highest BCUT2D eigenvalue weighted by atomic mass is 127. The molecule has 0 unspecified atom stereocenters. The van der Waals surface area contributed by atoms with Crippen molar-refractivity contribution in [3.05, 3.63) is 53.0 Å². The van der Waals surface area contributed by atoms with Gasteiger partial charge in [-0.2, -0.15) is 4.98 Å². The SMILES string of the molecule is CN=C(NCc1nc(-c2ccc(Cl)cc2)no1)NCc1ncc(C(C)(C)C)o1.I. The van der Waals surface area contributed by atoms with Crippen molar-refractivity contribution in [2.45, 2.75) is 39.3 Å². The van der Waals surface area contributed by atoms with Crippen molar-refractivity contribution in [2.75, 3.05) is 7.05 Å². The first-order valence-electron chi connectivity index (χ1n) is 8.83. The Balaban J connectivity index is 0.00000300. The summed E-state index contributed by atoms with van der Waals surface area (Å²) in [5.74, 6) is 2.95. The first kappa shape index (κ1) is 23.1. The first-order chi connectivity index (χ1) is 13.3. The minimum Gasteiger partial charge on any atom is -0.443 e. The second-order valence-electron chi connectivity index (χ2n) is 7.17. The third-order valence-corrected chi connectivity index (χ3v) is 4.15. The van der Waals surface area contributed by atoms with E-state index < -0.39 is 0 Å².